The molecule has 5 heteroatoms. The first kappa shape index (κ1) is 12.0. The van der Waals surface area contributed by atoms with E-state index < -0.39 is 11.5 Å². The first-order valence-electron chi connectivity index (χ1n) is 5.57. The number of aromatic nitrogens is 2. The number of nitrogens with one attached hydrogen (secondary N) is 2. The second kappa shape index (κ2) is 5.27. The van der Waals surface area contributed by atoms with Crippen LogP contribution in [0.3, 0.4) is 0 Å². The van der Waals surface area contributed by atoms with Crippen molar-refractivity contribution in [2.24, 2.45) is 0 Å². The van der Waals surface area contributed by atoms with Gasteiger partial charge in [-0.2, -0.15) is 0 Å². The van der Waals surface area contributed by atoms with Crippen molar-refractivity contribution in [2.45, 2.75) is 13.0 Å². The average Bonchev–Trinajstić information content (AvgIpc) is 2.40. The molecule has 0 saturated heterocycles. The number of aromatic amines is 1. The van der Waals surface area contributed by atoms with Crippen molar-refractivity contribution < 1.29 is 4.79 Å². The van der Waals surface area contributed by atoms with Gasteiger partial charge in [0.1, 0.15) is 5.56 Å². The summed E-state index contributed by atoms with van der Waals surface area (Å²) in [5.41, 5.74) is 0.550. The number of benzene rings is 1. The van der Waals surface area contributed by atoms with Crippen molar-refractivity contribution in [1.82, 2.24) is 15.3 Å². The molecule has 0 spiro atoms. The van der Waals surface area contributed by atoms with Gasteiger partial charge in [-0.1, -0.05) is 30.3 Å². The molecular formula is C13H13N3O2. The number of hydrogen-bond donors (Lipinski definition) is 2. The van der Waals surface area contributed by atoms with E-state index >= 15 is 0 Å². The molecule has 0 radical (unpaired) electrons. The molecule has 0 aliphatic heterocycles. The Hall–Kier alpha value is -2.43. The van der Waals surface area contributed by atoms with Crippen molar-refractivity contribution in [3.63, 3.8) is 0 Å². The van der Waals surface area contributed by atoms with Crippen LogP contribution in [0.4, 0.5) is 0 Å². The fourth-order valence-corrected chi connectivity index (χ4v) is 1.61. The van der Waals surface area contributed by atoms with Gasteiger partial charge in [0.15, 0.2) is 0 Å². The van der Waals surface area contributed by atoms with E-state index in [1.54, 1.807) is 0 Å². The third-order valence-electron chi connectivity index (χ3n) is 2.61. The molecule has 0 aliphatic carbocycles. The molecule has 0 fully saturated rings. The van der Waals surface area contributed by atoms with Gasteiger partial charge in [-0.15, -0.1) is 0 Å². The lowest BCUT2D eigenvalue weighted by molar-refractivity contribution is 0.0938. The Kier molecular flexibility index (Phi) is 3.52. The van der Waals surface area contributed by atoms with Crippen molar-refractivity contribution in [3.05, 3.63) is 64.3 Å². The minimum atomic E-state index is -0.442. The van der Waals surface area contributed by atoms with E-state index in [2.05, 4.69) is 15.3 Å². The van der Waals surface area contributed by atoms with Gasteiger partial charge in [-0.05, 0) is 12.5 Å². The molecule has 2 rings (SSSR count). The summed E-state index contributed by atoms with van der Waals surface area (Å²) in [6.45, 7) is 1.86. The molecule has 5 nitrogen and oxygen atoms in total. The van der Waals surface area contributed by atoms with Crippen molar-refractivity contribution in [3.8, 4) is 0 Å². The van der Waals surface area contributed by atoms with Crippen LogP contribution in [0.5, 0.6) is 0 Å². The van der Waals surface area contributed by atoms with Crippen molar-refractivity contribution in [1.29, 1.82) is 0 Å². The second-order valence-electron chi connectivity index (χ2n) is 3.90. The molecule has 0 bridgehead atoms. The monoisotopic (exact) mass is 243 g/mol. The Morgan fingerprint density at radius 2 is 2.06 bits per heavy atom. The standard InChI is InChI=1S/C13H13N3O2/c1-9(10-5-3-2-4-6-10)16-13(18)11-7-14-8-15-12(11)17/h2-9H,1H3,(H,16,18)(H,14,15,17). The molecule has 92 valence electrons. The highest BCUT2D eigenvalue weighted by Gasteiger charge is 2.13. The largest absolute Gasteiger partial charge is 0.345 e. The Balaban J connectivity index is 2.14. The van der Waals surface area contributed by atoms with Gasteiger partial charge in [0, 0.05) is 6.20 Å². The van der Waals surface area contributed by atoms with Gasteiger partial charge in [0.05, 0.1) is 12.4 Å². The maximum absolute atomic E-state index is 11.9. The third kappa shape index (κ3) is 2.63. The molecule has 1 atom stereocenters. The zero-order valence-electron chi connectivity index (χ0n) is 9.88. The Morgan fingerprint density at radius 1 is 1.33 bits per heavy atom. The maximum atomic E-state index is 11.9. The van der Waals surface area contributed by atoms with E-state index in [-0.39, 0.29) is 11.6 Å². The second-order valence-corrected chi connectivity index (χ2v) is 3.90. The van der Waals surface area contributed by atoms with Crippen LogP contribution in [0.1, 0.15) is 28.9 Å². The summed E-state index contributed by atoms with van der Waals surface area (Å²) >= 11 is 0. The van der Waals surface area contributed by atoms with Crippen LogP contribution < -0.4 is 10.9 Å². The summed E-state index contributed by atoms with van der Waals surface area (Å²) in [5.74, 6) is -0.430. The van der Waals surface area contributed by atoms with Crippen LogP contribution in [0.2, 0.25) is 0 Å². The van der Waals surface area contributed by atoms with Crippen LogP contribution in [0.25, 0.3) is 0 Å². The lowest BCUT2D eigenvalue weighted by atomic mass is 10.1. The van der Waals surface area contributed by atoms with Crippen LogP contribution in [0.15, 0.2) is 47.7 Å². The Labute approximate surface area is 104 Å². The zero-order chi connectivity index (χ0) is 13.0. The zero-order valence-corrected chi connectivity index (χ0v) is 9.88. The van der Waals surface area contributed by atoms with Gasteiger partial charge < -0.3 is 10.3 Å². The number of rotatable bonds is 3. The van der Waals surface area contributed by atoms with Gasteiger partial charge in [0.2, 0.25) is 0 Å². The van der Waals surface area contributed by atoms with Gasteiger partial charge in [-0.3, -0.25) is 9.59 Å². The number of amides is 1. The topological polar surface area (TPSA) is 74.8 Å². The van der Waals surface area contributed by atoms with Gasteiger partial charge in [0.25, 0.3) is 11.5 Å². The first-order valence-corrected chi connectivity index (χ1v) is 5.57. The minimum absolute atomic E-state index is 0.0141. The Morgan fingerprint density at radius 3 is 2.72 bits per heavy atom. The number of carbonyl (C=O) groups is 1. The normalized spacial score (nSPS) is 11.8. The Bertz CT molecular complexity index is 592. The van der Waals surface area contributed by atoms with Gasteiger partial charge in [-0.25, -0.2) is 4.98 Å². The number of nitrogens with zero attached hydrogens (tertiary/aromatic N) is 1. The van der Waals surface area contributed by atoms with Crippen molar-refractivity contribution >= 4 is 5.91 Å². The predicted octanol–water partition coefficient (Wildman–Crippen LogP) is 1.26. The molecule has 1 heterocycles. The molecule has 1 aromatic heterocycles. The van der Waals surface area contributed by atoms with Gasteiger partial charge >= 0.3 is 0 Å². The molecule has 18 heavy (non-hydrogen) atoms. The van der Waals surface area contributed by atoms with E-state index in [4.69, 9.17) is 0 Å². The van der Waals surface area contributed by atoms with E-state index in [1.807, 2.05) is 37.3 Å². The lowest BCUT2D eigenvalue weighted by Gasteiger charge is -2.13. The highest BCUT2D eigenvalue weighted by atomic mass is 16.2. The molecule has 0 aliphatic rings. The minimum Gasteiger partial charge on any atom is -0.345 e. The maximum Gasteiger partial charge on any atom is 0.263 e. The predicted molar refractivity (Wildman–Crippen MR) is 67.2 cm³/mol. The van der Waals surface area contributed by atoms with Crippen LogP contribution in [-0.4, -0.2) is 15.9 Å². The van der Waals surface area contributed by atoms with Crippen LogP contribution >= 0.6 is 0 Å². The van der Waals surface area contributed by atoms with E-state index in [1.165, 1.54) is 12.5 Å². The SMILES string of the molecule is CC(NC(=O)c1cnc[nH]c1=O)c1ccccc1. The highest BCUT2D eigenvalue weighted by Crippen LogP contribution is 2.11. The van der Waals surface area contributed by atoms with Crippen molar-refractivity contribution in [2.75, 3.05) is 0 Å². The summed E-state index contributed by atoms with van der Waals surface area (Å²) in [6.07, 6.45) is 2.51. The van der Waals surface area contributed by atoms with E-state index in [9.17, 15) is 9.59 Å². The first-order chi connectivity index (χ1) is 8.68. The number of hydrogen-bond acceptors (Lipinski definition) is 3. The lowest BCUT2D eigenvalue weighted by Crippen LogP contribution is -2.31. The molecule has 0 saturated carbocycles. The molecule has 2 aromatic rings. The molecule has 1 amide bonds. The fourth-order valence-electron chi connectivity index (χ4n) is 1.61. The average molecular weight is 243 g/mol. The summed E-state index contributed by atoms with van der Waals surface area (Å²) in [6, 6.07) is 9.36. The third-order valence-corrected chi connectivity index (χ3v) is 2.61. The summed E-state index contributed by atoms with van der Waals surface area (Å²) < 4.78 is 0. The molecule has 1 aromatic carbocycles. The molecule has 2 N–H and O–H groups in total. The van der Waals surface area contributed by atoms with Crippen LogP contribution in [-0.2, 0) is 0 Å². The van der Waals surface area contributed by atoms with E-state index in [0.717, 1.165) is 5.56 Å². The number of carbonyl (C=O) groups excluding carboxylic acids is 1. The summed E-state index contributed by atoms with van der Waals surface area (Å²) in [7, 11) is 0. The van der Waals surface area contributed by atoms with E-state index in [0.29, 0.717) is 0 Å². The number of H-pyrrole nitrogens is 1. The quantitative estimate of drug-likeness (QED) is 0.852. The molecular weight excluding hydrogens is 230 g/mol. The van der Waals surface area contributed by atoms with Crippen LogP contribution in [0, 0.1) is 0 Å². The summed E-state index contributed by atoms with van der Waals surface area (Å²) in [4.78, 5) is 29.4. The fraction of sp³-hybridized carbons (Fsp3) is 0.154. The summed E-state index contributed by atoms with van der Waals surface area (Å²) in [5, 5.41) is 2.75. The molecule has 1 unspecified atom stereocenters. The highest BCUT2D eigenvalue weighted by molar-refractivity contribution is 5.93. The smallest absolute Gasteiger partial charge is 0.263 e.